The topological polar surface area (TPSA) is 170 Å². The number of aromatic nitrogens is 2. The zero-order chi connectivity index (χ0) is 30.3. The van der Waals surface area contributed by atoms with Crippen molar-refractivity contribution in [1.29, 1.82) is 5.26 Å². The van der Waals surface area contributed by atoms with Crippen LogP contribution in [0.1, 0.15) is 5.56 Å². The van der Waals surface area contributed by atoms with Crippen LogP contribution in [0.4, 0.5) is 10.8 Å². The fourth-order valence-electron chi connectivity index (χ4n) is 4.19. The van der Waals surface area contributed by atoms with Crippen LogP contribution in [0.3, 0.4) is 0 Å². The number of nitro groups is 1. The highest BCUT2D eigenvalue weighted by atomic mass is 32.1. The Bertz CT molecular complexity index is 1890. The smallest absolute Gasteiger partial charge is 0.273 e. The van der Waals surface area contributed by atoms with Gasteiger partial charge in [0.2, 0.25) is 0 Å². The number of hydrogen-bond donors (Lipinski definition) is 1. The number of benzene rings is 2. The number of nitrogens with zero attached hydrogens (tertiary/aromatic N) is 5. The lowest BCUT2D eigenvalue weighted by atomic mass is 10.1. The van der Waals surface area contributed by atoms with Gasteiger partial charge in [-0.25, -0.2) is 4.98 Å². The maximum atomic E-state index is 13.8. The molecule has 0 atom stereocenters. The summed E-state index contributed by atoms with van der Waals surface area (Å²) in [5, 5.41) is 26.3. The monoisotopic (exact) mass is 618 g/mol. The van der Waals surface area contributed by atoms with Gasteiger partial charge >= 0.3 is 0 Å². The third-order valence-corrected chi connectivity index (χ3v) is 7.99. The Morgan fingerprint density at radius 2 is 1.98 bits per heavy atom. The lowest BCUT2D eigenvalue weighted by Crippen LogP contribution is -2.42. The van der Waals surface area contributed by atoms with E-state index in [9.17, 15) is 29.8 Å². The normalized spacial score (nSPS) is 14.1. The summed E-state index contributed by atoms with van der Waals surface area (Å²) in [6, 6.07) is 14.3. The van der Waals surface area contributed by atoms with E-state index >= 15 is 0 Å². The summed E-state index contributed by atoms with van der Waals surface area (Å²) in [6.07, 6.45) is 2.91. The predicted octanol–water partition coefficient (Wildman–Crippen LogP) is 1.64. The van der Waals surface area contributed by atoms with Crippen molar-refractivity contribution >= 4 is 57.0 Å². The maximum Gasteiger partial charge on any atom is 0.273 e. The summed E-state index contributed by atoms with van der Waals surface area (Å²) in [5.41, 5.74) is -0.456. The van der Waals surface area contributed by atoms with Crippen LogP contribution < -0.4 is 24.8 Å². The number of non-ortho nitro benzene ring substituents is 1. The third-order valence-electron chi connectivity index (χ3n) is 6.20. The van der Waals surface area contributed by atoms with E-state index in [0.29, 0.717) is 37.1 Å². The molecule has 1 saturated heterocycles. The molecule has 0 aliphatic carbocycles. The molecule has 2 aromatic heterocycles. The van der Waals surface area contributed by atoms with Crippen molar-refractivity contribution in [3.05, 3.63) is 95.3 Å². The van der Waals surface area contributed by atoms with Crippen molar-refractivity contribution in [2.75, 3.05) is 38.2 Å². The van der Waals surface area contributed by atoms with Gasteiger partial charge in [0.25, 0.3) is 23.1 Å². The van der Waals surface area contributed by atoms with Crippen LogP contribution in [0, 0.1) is 21.4 Å². The minimum Gasteiger partial charge on any atom is -0.483 e. The SMILES string of the molecule is N#C/C(C(=O)N1CCOCC1)=c1/s/c(=C/c2cc([N+](=O)[O-])ccc2OCC(=O)Nc2nccs2)c(=O)n1-c1ccccc1. The fourth-order valence-corrected chi connectivity index (χ4v) is 5.82. The average molecular weight is 619 g/mol. The van der Waals surface area contributed by atoms with Gasteiger partial charge in [-0.3, -0.25) is 34.4 Å². The molecule has 13 nitrogen and oxygen atoms in total. The van der Waals surface area contributed by atoms with Gasteiger partial charge in [-0.15, -0.1) is 22.7 Å². The summed E-state index contributed by atoms with van der Waals surface area (Å²) in [5.74, 6) is -0.928. The highest BCUT2D eigenvalue weighted by Crippen LogP contribution is 2.25. The lowest BCUT2D eigenvalue weighted by molar-refractivity contribution is -0.384. The first-order valence-corrected chi connectivity index (χ1v) is 14.5. The summed E-state index contributed by atoms with van der Waals surface area (Å²) < 4.78 is 12.5. The van der Waals surface area contributed by atoms with Crippen molar-refractivity contribution < 1.29 is 24.0 Å². The Kier molecular flexibility index (Phi) is 9.01. The zero-order valence-electron chi connectivity index (χ0n) is 22.3. The summed E-state index contributed by atoms with van der Waals surface area (Å²) in [4.78, 5) is 56.0. The second kappa shape index (κ2) is 13.2. The number of thiazole rings is 2. The zero-order valence-corrected chi connectivity index (χ0v) is 23.9. The number of amides is 2. The van der Waals surface area contributed by atoms with Gasteiger partial charge in [-0.1, -0.05) is 18.2 Å². The molecule has 3 heterocycles. The number of ether oxygens (including phenoxy) is 2. The highest BCUT2D eigenvalue weighted by Gasteiger charge is 2.24. The molecule has 15 heteroatoms. The molecule has 0 saturated carbocycles. The van der Waals surface area contributed by atoms with Crippen LogP contribution in [-0.4, -0.2) is 64.1 Å². The quantitative estimate of drug-likeness (QED) is 0.228. The molecule has 5 rings (SSSR count). The second-order valence-electron chi connectivity index (χ2n) is 8.94. The predicted molar refractivity (Wildman–Crippen MR) is 158 cm³/mol. The molecule has 43 heavy (non-hydrogen) atoms. The lowest BCUT2D eigenvalue weighted by Gasteiger charge is -2.26. The van der Waals surface area contributed by atoms with Gasteiger partial charge in [0, 0.05) is 42.4 Å². The number of carbonyl (C=O) groups excluding carboxylic acids is 2. The molecule has 1 fully saturated rings. The standard InChI is InChI=1S/C28H22N6O7S2/c29-16-21(25(36)32-9-11-40-12-10-32)27-33(19-4-2-1-3-5-19)26(37)23(43-27)15-18-14-20(34(38)39)6-7-22(18)41-17-24(35)31-28-30-8-13-42-28/h1-8,13-15H,9-12,17H2,(H,30,31,35)/b23-15+,27-21-. The van der Waals surface area contributed by atoms with E-state index < -0.39 is 28.9 Å². The van der Waals surface area contributed by atoms with Gasteiger partial charge in [-0.2, -0.15) is 5.26 Å². The minimum atomic E-state index is -0.596. The van der Waals surface area contributed by atoms with Crippen LogP contribution in [-0.2, 0) is 14.3 Å². The van der Waals surface area contributed by atoms with E-state index in [-0.39, 0.29) is 31.8 Å². The van der Waals surface area contributed by atoms with Crippen LogP contribution >= 0.6 is 22.7 Å². The first-order chi connectivity index (χ1) is 20.9. The molecule has 0 radical (unpaired) electrons. The molecule has 2 amide bonds. The van der Waals surface area contributed by atoms with Crippen LogP contribution in [0.5, 0.6) is 5.75 Å². The summed E-state index contributed by atoms with van der Waals surface area (Å²) >= 11 is 2.12. The Hall–Kier alpha value is -5.17. The number of carbonyl (C=O) groups is 2. The van der Waals surface area contributed by atoms with E-state index in [1.54, 1.807) is 35.7 Å². The highest BCUT2D eigenvalue weighted by molar-refractivity contribution is 7.13. The Balaban J connectivity index is 1.63. The van der Waals surface area contributed by atoms with Crippen molar-refractivity contribution in [1.82, 2.24) is 14.5 Å². The van der Waals surface area contributed by atoms with E-state index in [4.69, 9.17) is 9.47 Å². The third kappa shape index (κ3) is 6.67. The fraction of sp³-hybridized carbons (Fsp3) is 0.179. The van der Waals surface area contributed by atoms with Crippen molar-refractivity contribution in [2.45, 2.75) is 0 Å². The summed E-state index contributed by atoms with van der Waals surface area (Å²) in [7, 11) is 0. The Labute approximate surface area is 251 Å². The molecule has 1 aliphatic heterocycles. The maximum absolute atomic E-state index is 13.8. The molecular formula is C28H22N6O7S2. The molecule has 0 unspecified atom stereocenters. The molecule has 4 aromatic rings. The minimum absolute atomic E-state index is 0.0824. The number of hydrogen-bond acceptors (Lipinski definition) is 11. The van der Waals surface area contributed by atoms with Gasteiger partial charge in [-0.05, 0) is 24.3 Å². The number of nitro benzene ring substituents is 1. The number of rotatable bonds is 8. The number of morpholine rings is 1. The molecule has 2 aromatic carbocycles. The van der Waals surface area contributed by atoms with Crippen molar-refractivity contribution in [2.24, 2.45) is 0 Å². The molecule has 0 bridgehead atoms. The van der Waals surface area contributed by atoms with Crippen molar-refractivity contribution in [3.63, 3.8) is 0 Å². The number of anilines is 1. The first-order valence-electron chi connectivity index (χ1n) is 12.8. The molecule has 0 spiro atoms. The van der Waals surface area contributed by atoms with E-state index in [0.717, 1.165) is 11.3 Å². The molecule has 218 valence electrons. The first kappa shape index (κ1) is 29.3. The molecular weight excluding hydrogens is 596 g/mol. The van der Waals surface area contributed by atoms with E-state index in [2.05, 4.69) is 10.3 Å². The Morgan fingerprint density at radius 1 is 1.21 bits per heavy atom. The van der Waals surface area contributed by atoms with E-state index in [1.807, 2.05) is 6.07 Å². The van der Waals surface area contributed by atoms with Crippen LogP contribution in [0.15, 0.2) is 64.9 Å². The number of nitriles is 1. The summed E-state index contributed by atoms with van der Waals surface area (Å²) in [6.45, 7) is 0.832. The molecule has 1 N–H and O–H groups in total. The average Bonchev–Trinajstić information content (AvgIpc) is 3.65. The van der Waals surface area contributed by atoms with E-state index in [1.165, 1.54) is 51.3 Å². The van der Waals surface area contributed by atoms with Gasteiger partial charge in [0.1, 0.15) is 16.5 Å². The van der Waals surface area contributed by atoms with Crippen molar-refractivity contribution in [3.8, 4) is 17.5 Å². The van der Waals surface area contributed by atoms with Gasteiger partial charge in [0.05, 0.1) is 28.4 Å². The number of nitrogens with one attached hydrogen (secondary N) is 1. The largest absolute Gasteiger partial charge is 0.483 e. The number of para-hydroxylation sites is 1. The Morgan fingerprint density at radius 3 is 2.65 bits per heavy atom. The molecule has 1 aliphatic rings. The van der Waals surface area contributed by atoms with Crippen LogP contribution in [0.2, 0.25) is 0 Å². The van der Waals surface area contributed by atoms with Gasteiger partial charge < -0.3 is 14.4 Å². The van der Waals surface area contributed by atoms with Crippen LogP contribution in [0.25, 0.3) is 17.3 Å². The van der Waals surface area contributed by atoms with Gasteiger partial charge in [0.15, 0.2) is 17.3 Å². The second-order valence-corrected chi connectivity index (χ2v) is 10.9.